The number of aromatic nitrogens is 1. The van der Waals surface area contributed by atoms with Gasteiger partial charge in [-0.1, -0.05) is 30.4 Å². The van der Waals surface area contributed by atoms with Gasteiger partial charge in [0, 0.05) is 6.54 Å². The lowest BCUT2D eigenvalue weighted by molar-refractivity contribution is 0.00501. The highest BCUT2D eigenvalue weighted by atomic mass is 32.1. The zero-order valence-corrected chi connectivity index (χ0v) is 12.0. The average molecular weight is 276 g/mol. The number of hydrogen-bond donors (Lipinski definition) is 2. The highest BCUT2D eigenvalue weighted by Gasteiger charge is 2.31. The molecule has 1 saturated carbocycles. The Morgan fingerprint density at radius 2 is 2.11 bits per heavy atom. The molecule has 4 heteroatoms. The number of nitrogens with one attached hydrogen (secondary N) is 1. The van der Waals surface area contributed by atoms with Gasteiger partial charge < -0.3 is 10.4 Å². The van der Waals surface area contributed by atoms with E-state index in [1.807, 2.05) is 18.2 Å². The Kier molecular flexibility index (Phi) is 3.46. The molecule has 0 radical (unpaired) electrons. The zero-order valence-electron chi connectivity index (χ0n) is 11.2. The van der Waals surface area contributed by atoms with Crippen molar-refractivity contribution in [2.45, 2.75) is 38.2 Å². The quantitative estimate of drug-likeness (QED) is 0.899. The molecule has 1 heterocycles. The number of anilines is 1. The van der Waals surface area contributed by atoms with Crippen LogP contribution in [0.15, 0.2) is 24.3 Å². The van der Waals surface area contributed by atoms with Crippen LogP contribution in [0.25, 0.3) is 10.2 Å². The first-order chi connectivity index (χ1) is 9.15. The molecule has 19 heavy (non-hydrogen) atoms. The summed E-state index contributed by atoms with van der Waals surface area (Å²) in [7, 11) is 0. The molecule has 0 atom stereocenters. The van der Waals surface area contributed by atoms with Gasteiger partial charge in [-0.3, -0.25) is 0 Å². The summed E-state index contributed by atoms with van der Waals surface area (Å²) in [4.78, 5) is 4.54. The number of benzene rings is 1. The molecule has 1 fully saturated rings. The molecule has 1 aliphatic carbocycles. The molecule has 0 unspecified atom stereocenters. The Balaban J connectivity index is 1.65. The summed E-state index contributed by atoms with van der Waals surface area (Å²) in [6.07, 6.45) is 4.04. The maximum Gasteiger partial charge on any atom is 0.183 e. The summed E-state index contributed by atoms with van der Waals surface area (Å²) in [6, 6.07) is 8.13. The molecule has 0 spiro atoms. The fraction of sp³-hybridized carbons (Fsp3) is 0.533. The van der Waals surface area contributed by atoms with E-state index in [2.05, 4.69) is 23.3 Å². The Morgan fingerprint density at radius 1 is 1.37 bits per heavy atom. The van der Waals surface area contributed by atoms with E-state index >= 15 is 0 Å². The lowest BCUT2D eigenvalue weighted by Crippen LogP contribution is -2.40. The van der Waals surface area contributed by atoms with Gasteiger partial charge in [-0.2, -0.15) is 0 Å². The second-order valence-corrected chi connectivity index (χ2v) is 6.78. The van der Waals surface area contributed by atoms with Crippen LogP contribution in [-0.2, 0) is 0 Å². The molecule has 3 rings (SSSR count). The molecule has 2 N–H and O–H groups in total. The van der Waals surface area contributed by atoms with Crippen molar-refractivity contribution in [2.24, 2.45) is 5.92 Å². The zero-order chi connectivity index (χ0) is 13.3. The molecule has 102 valence electrons. The van der Waals surface area contributed by atoms with Crippen molar-refractivity contribution >= 4 is 26.7 Å². The Labute approximate surface area is 117 Å². The summed E-state index contributed by atoms with van der Waals surface area (Å²) < 4.78 is 1.19. The van der Waals surface area contributed by atoms with Crippen LogP contribution in [0, 0.1) is 5.92 Å². The second-order valence-electron chi connectivity index (χ2n) is 5.75. The van der Waals surface area contributed by atoms with Crippen molar-refractivity contribution in [3.63, 3.8) is 0 Å². The normalized spacial score (nSPS) is 27.6. The summed E-state index contributed by atoms with van der Waals surface area (Å²) in [5, 5.41) is 14.8. The van der Waals surface area contributed by atoms with Crippen molar-refractivity contribution in [1.82, 2.24) is 4.98 Å². The molecule has 2 aromatic rings. The minimum atomic E-state index is -0.551. The predicted octanol–water partition coefficient (Wildman–Crippen LogP) is 3.65. The fourth-order valence-corrected chi connectivity index (χ4v) is 3.53. The number of para-hydroxylation sites is 1. The number of thiazole rings is 1. The fourth-order valence-electron chi connectivity index (χ4n) is 2.66. The molecule has 1 aromatic carbocycles. The summed E-state index contributed by atoms with van der Waals surface area (Å²) >= 11 is 1.65. The SMILES string of the molecule is CC1CCC(O)(CNc2nc3ccccc3s2)CC1. The van der Waals surface area contributed by atoms with Crippen LogP contribution in [0.4, 0.5) is 5.13 Å². The van der Waals surface area contributed by atoms with Crippen LogP contribution in [0.3, 0.4) is 0 Å². The van der Waals surface area contributed by atoms with Gasteiger partial charge in [0.1, 0.15) is 0 Å². The molecule has 3 nitrogen and oxygen atoms in total. The van der Waals surface area contributed by atoms with Gasteiger partial charge in [0.25, 0.3) is 0 Å². The lowest BCUT2D eigenvalue weighted by atomic mass is 9.79. The Hall–Kier alpha value is -1.13. The molecule has 1 aliphatic rings. The molecule has 0 aliphatic heterocycles. The molecular weight excluding hydrogens is 256 g/mol. The molecule has 0 amide bonds. The van der Waals surface area contributed by atoms with Crippen molar-refractivity contribution in [3.05, 3.63) is 24.3 Å². The number of hydrogen-bond acceptors (Lipinski definition) is 4. The Morgan fingerprint density at radius 3 is 2.84 bits per heavy atom. The molecular formula is C15H20N2OS. The first-order valence-electron chi connectivity index (χ1n) is 6.96. The van der Waals surface area contributed by atoms with Gasteiger partial charge in [-0.25, -0.2) is 4.98 Å². The van der Waals surface area contributed by atoms with E-state index in [0.29, 0.717) is 6.54 Å². The van der Waals surface area contributed by atoms with E-state index < -0.39 is 5.60 Å². The number of rotatable bonds is 3. The maximum absolute atomic E-state index is 10.5. The topological polar surface area (TPSA) is 45.1 Å². The van der Waals surface area contributed by atoms with Gasteiger partial charge in [0.2, 0.25) is 0 Å². The number of fused-ring (bicyclic) bond motifs is 1. The van der Waals surface area contributed by atoms with Gasteiger partial charge in [-0.05, 0) is 43.7 Å². The first kappa shape index (κ1) is 12.9. The third kappa shape index (κ3) is 2.90. The van der Waals surface area contributed by atoms with Crippen LogP contribution in [0.5, 0.6) is 0 Å². The third-order valence-electron chi connectivity index (χ3n) is 4.07. The average Bonchev–Trinajstić information content (AvgIpc) is 2.83. The van der Waals surface area contributed by atoms with Crippen LogP contribution >= 0.6 is 11.3 Å². The second kappa shape index (κ2) is 5.10. The summed E-state index contributed by atoms with van der Waals surface area (Å²) in [5.74, 6) is 0.753. The van der Waals surface area contributed by atoms with E-state index in [1.54, 1.807) is 11.3 Å². The molecule has 1 aromatic heterocycles. The monoisotopic (exact) mass is 276 g/mol. The van der Waals surface area contributed by atoms with E-state index in [0.717, 1.165) is 42.2 Å². The largest absolute Gasteiger partial charge is 0.388 e. The van der Waals surface area contributed by atoms with E-state index in [1.165, 1.54) is 4.70 Å². The lowest BCUT2D eigenvalue weighted by Gasteiger charge is -2.34. The van der Waals surface area contributed by atoms with E-state index in [4.69, 9.17) is 0 Å². The predicted molar refractivity (Wildman–Crippen MR) is 80.7 cm³/mol. The minimum absolute atomic E-state index is 0.551. The Bertz CT molecular complexity index is 525. The van der Waals surface area contributed by atoms with Gasteiger partial charge in [-0.15, -0.1) is 0 Å². The minimum Gasteiger partial charge on any atom is -0.388 e. The van der Waals surface area contributed by atoms with Gasteiger partial charge >= 0.3 is 0 Å². The van der Waals surface area contributed by atoms with Crippen LogP contribution in [0.1, 0.15) is 32.6 Å². The van der Waals surface area contributed by atoms with Crippen LogP contribution in [0.2, 0.25) is 0 Å². The van der Waals surface area contributed by atoms with Crippen molar-refractivity contribution < 1.29 is 5.11 Å². The van der Waals surface area contributed by atoms with Crippen LogP contribution < -0.4 is 5.32 Å². The highest BCUT2D eigenvalue weighted by Crippen LogP contribution is 2.33. The third-order valence-corrected chi connectivity index (χ3v) is 5.06. The number of aliphatic hydroxyl groups is 1. The molecule has 0 saturated heterocycles. The highest BCUT2D eigenvalue weighted by molar-refractivity contribution is 7.22. The smallest absolute Gasteiger partial charge is 0.183 e. The van der Waals surface area contributed by atoms with Gasteiger partial charge in [0.05, 0.1) is 15.8 Å². The van der Waals surface area contributed by atoms with Gasteiger partial charge in [0.15, 0.2) is 5.13 Å². The summed E-state index contributed by atoms with van der Waals surface area (Å²) in [6.45, 7) is 2.88. The van der Waals surface area contributed by atoms with Crippen LogP contribution in [-0.4, -0.2) is 22.2 Å². The van der Waals surface area contributed by atoms with E-state index in [9.17, 15) is 5.11 Å². The number of nitrogens with zero attached hydrogens (tertiary/aromatic N) is 1. The standard InChI is InChI=1S/C15H20N2OS/c1-11-6-8-15(18,9-7-11)10-16-14-17-12-4-2-3-5-13(12)19-14/h2-5,11,18H,6-10H2,1H3,(H,16,17). The first-order valence-corrected chi connectivity index (χ1v) is 7.78. The summed E-state index contributed by atoms with van der Waals surface area (Å²) in [5.41, 5.74) is 0.476. The van der Waals surface area contributed by atoms with Crippen molar-refractivity contribution in [1.29, 1.82) is 0 Å². The molecule has 0 bridgehead atoms. The maximum atomic E-state index is 10.5. The van der Waals surface area contributed by atoms with E-state index in [-0.39, 0.29) is 0 Å². The van der Waals surface area contributed by atoms with Crippen molar-refractivity contribution in [3.8, 4) is 0 Å². The van der Waals surface area contributed by atoms with Crippen molar-refractivity contribution in [2.75, 3.05) is 11.9 Å².